The Morgan fingerprint density at radius 3 is 2.39 bits per heavy atom. The van der Waals surface area contributed by atoms with Crippen molar-refractivity contribution in [2.75, 3.05) is 12.3 Å². The fourth-order valence-corrected chi connectivity index (χ4v) is 3.55. The highest BCUT2D eigenvalue weighted by molar-refractivity contribution is 7.89. The summed E-state index contributed by atoms with van der Waals surface area (Å²) in [5, 5.41) is 12.6. The molecule has 1 aliphatic carbocycles. The summed E-state index contributed by atoms with van der Waals surface area (Å²) in [5.41, 5.74) is 0. The van der Waals surface area contributed by atoms with Crippen LogP contribution in [0.4, 0.5) is 0 Å². The van der Waals surface area contributed by atoms with E-state index in [1.165, 1.54) is 0 Å². The highest BCUT2D eigenvalue weighted by Gasteiger charge is 2.23. The molecule has 0 aliphatic heterocycles. The predicted octanol–water partition coefficient (Wildman–Crippen LogP) is 0.597. The molecule has 0 amide bonds. The summed E-state index contributed by atoms with van der Waals surface area (Å²) in [6.07, 6.45) is 3.25. The van der Waals surface area contributed by atoms with Crippen LogP contribution < -0.4 is 10.0 Å². The number of nitrogens with one attached hydrogen (secondary N) is 2. The van der Waals surface area contributed by atoms with Crippen LogP contribution in [0.2, 0.25) is 0 Å². The minimum absolute atomic E-state index is 0.0106. The largest absolute Gasteiger partial charge is 0.393 e. The molecule has 0 atom stereocenters. The maximum absolute atomic E-state index is 11.8. The van der Waals surface area contributed by atoms with Gasteiger partial charge in [0.15, 0.2) is 0 Å². The van der Waals surface area contributed by atoms with Crippen LogP contribution in [-0.2, 0) is 10.0 Å². The van der Waals surface area contributed by atoms with Gasteiger partial charge in [0.1, 0.15) is 0 Å². The van der Waals surface area contributed by atoms with Gasteiger partial charge in [0.2, 0.25) is 10.0 Å². The van der Waals surface area contributed by atoms with Gasteiger partial charge >= 0.3 is 0 Å². The molecule has 0 bridgehead atoms. The third-order valence-corrected chi connectivity index (χ3v) is 4.70. The van der Waals surface area contributed by atoms with Crippen LogP contribution >= 0.6 is 0 Å². The third kappa shape index (κ3) is 6.68. The SMILES string of the molecule is CC(C)NCCCS(=O)(=O)NC1CCC(O)CC1. The molecular formula is C12H26N2O3S. The summed E-state index contributed by atoms with van der Waals surface area (Å²) in [6.45, 7) is 4.81. The highest BCUT2D eigenvalue weighted by Crippen LogP contribution is 2.18. The number of rotatable bonds is 7. The maximum atomic E-state index is 11.8. The van der Waals surface area contributed by atoms with E-state index >= 15 is 0 Å². The Morgan fingerprint density at radius 1 is 1.22 bits per heavy atom. The van der Waals surface area contributed by atoms with Crippen molar-refractivity contribution in [3.05, 3.63) is 0 Å². The van der Waals surface area contributed by atoms with E-state index in [4.69, 9.17) is 0 Å². The summed E-state index contributed by atoms with van der Waals surface area (Å²) in [5.74, 6) is 0.172. The van der Waals surface area contributed by atoms with Crippen molar-refractivity contribution in [3.63, 3.8) is 0 Å². The van der Waals surface area contributed by atoms with Gasteiger partial charge < -0.3 is 10.4 Å². The Kier molecular flexibility index (Phi) is 6.55. The lowest BCUT2D eigenvalue weighted by molar-refractivity contribution is 0.120. The molecule has 0 aromatic rings. The zero-order valence-corrected chi connectivity index (χ0v) is 12.2. The molecule has 0 aromatic carbocycles. The van der Waals surface area contributed by atoms with Gasteiger partial charge in [0, 0.05) is 12.1 Å². The molecule has 108 valence electrons. The van der Waals surface area contributed by atoms with Crippen molar-refractivity contribution in [2.24, 2.45) is 0 Å². The van der Waals surface area contributed by atoms with Gasteiger partial charge in [-0.3, -0.25) is 0 Å². The standard InChI is InChI=1S/C12H26N2O3S/c1-10(2)13-8-3-9-18(16,17)14-11-4-6-12(15)7-5-11/h10-15H,3-9H2,1-2H3. The lowest BCUT2D eigenvalue weighted by Crippen LogP contribution is -2.40. The summed E-state index contributed by atoms with van der Waals surface area (Å²) >= 11 is 0. The van der Waals surface area contributed by atoms with Crippen molar-refractivity contribution in [1.29, 1.82) is 0 Å². The molecule has 1 saturated carbocycles. The molecule has 0 radical (unpaired) electrons. The molecular weight excluding hydrogens is 252 g/mol. The molecule has 0 spiro atoms. The number of aliphatic hydroxyl groups is 1. The zero-order chi connectivity index (χ0) is 13.6. The first-order chi connectivity index (χ1) is 8.39. The molecule has 0 unspecified atom stereocenters. The van der Waals surface area contributed by atoms with Crippen molar-refractivity contribution < 1.29 is 13.5 Å². The van der Waals surface area contributed by atoms with Gasteiger partial charge in [-0.2, -0.15) is 0 Å². The van der Waals surface area contributed by atoms with Crippen molar-refractivity contribution >= 4 is 10.0 Å². The second-order valence-corrected chi connectivity index (χ2v) is 7.28. The first-order valence-electron chi connectivity index (χ1n) is 6.80. The maximum Gasteiger partial charge on any atom is 0.211 e. The first kappa shape index (κ1) is 15.9. The molecule has 1 fully saturated rings. The van der Waals surface area contributed by atoms with E-state index in [1.807, 2.05) is 13.8 Å². The number of hydrogen-bond donors (Lipinski definition) is 3. The molecule has 18 heavy (non-hydrogen) atoms. The van der Waals surface area contributed by atoms with Crippen LogP contribution in [0.15, 0.2) is 0 Å². The van der Waals surface area contributed by atoms with Crippen molar-refractivity contribution in [1.82, 2.24) is 10.0 Å². The molecule has 1 aliphatic rings. The van der Waals surface area contributed by atoms with Crippen LogP contribution in [0.25, 0.3) is 0 Å². The molecule has 6 heteroatoms. The monoisotopic (exact) mass is 278 g/mol. The van der Waals surface area contributed by atoms with E-state index in [0.29, 0.717) is 25.3 Å². The Labute approximate surface area is 110 Å². The summed E-state index contributed by atoms with van der Waals surface area (Å²) in [4.78, 5) is 0. The fourth-order valence-electron chi connectivity index (χ4n) is 2.16. The van der Waals surface area contributed by atoms with Gasteiger partial charge in [-0.05, 0) is 38.6 Å². The van der Waals surface area contributed by atoms with E-state index in [9.17, 15) is 13.5 Å². The number of hydrogen-bond acceptors (Lipinski definition) is 4. The Balaban J connectivity index is 2.22. The minimum Gasteiger partial charge on any atom is -0.393 e. The van der Waals surface area contributed by atoms with E-state index < -0.39 is 10.0 Å². The molecule has 0 aromatic heterocycles. The number of sulfonamides is 1. The average Bonchev–Trinajstić information content (AvgIpc) is 2.27. The highest BCUT2D eigenvalue weighted by atomic mass is 32.2. The van der Waals surface area contributed by atoms with Crippen LogP contribution in [0.3, 0.4) is 0 Å². The quantitative estimate of drug-likeness (QED) is 0.596. The lowest BCUT2D eigenvalue weighted by atomic mass is 9.94. The predicted molar refractivity (Wildman–Crippen MR) is 72.9 cm³/mol. The van der Waals surface area contributed by atoms with E-state index in [0.717, 1.165) is 19.4 Å². The summed E-state index contributed by atoms with van der Waals surface area (Å²) < 4.78 is 26.4. The van der Waals surface area contributed by atoms with Crippen LogP contribution in [-0.4, -0.2) is 44.0 Å². The topological polar surface area (TPSA) is 78.4 Å². The summed E-state index contributed by atoms with van der Waals surface area (Å²) in [6, 6.07) is 0.400. The molecule has 0 saturated heterocycles. The van der Waals surface area contributed by atoms with Crippen molar-refractivity contribution in [2.45, 2.75) is 64.1 Å². The van der Waals surface area contributed by atoms with Crippen LogP contribution in [0.1, 0.15) is 46.0 Å². The Morgan fingerprint density at radius 2 is 1.83 bits per heavy atom. The average molecular weight is 278 g/mol. The van der Waals surface area contributed by atoms with Gasteiger partial charge in [-0.15, -0.1) is 0 Å². The van der Waals surface area contributed by atoms with E-state index in [1.54, 1.807) is 0 Å². The third-order valence-electron chi connectivity index (χ3n) is 3.19. The Hall–Kier alpha value is -0.170. The van der Waals surface area contributed by atoms with Crippen LogP contribution in [0, 0.1) is 0 Å². The van der Waals surface area contributed by atoms with E-state index in [2.05, 4.69) is 10.0 Å². The molecule has 0 heterocycles. The van der Waals surface area contributed by atoms with Gasteiger partial charge in [-0.25, -0.2) is 13.1 Å². The van der Waals surface area contributed by atoms with Crippen LogP contribution in [0.5, 0.6) is 0 Å². The Bertz CT molecular complexity index is 322. The molecule has 1 rings (SSSR count). The van der Waals surface area contributed by atoms with E-state index in [-0.39, 0.29) is 17.9 Å². The normalized spacial score (nSPS) is 25.6. The number of aliphatic hydroxyl groups excluding tert-OH is 1. The van der Waals surface area contributed by atoms with Gasteiger partial charge in [-0.1, -0.05) is 13.8 Å². The summed E-state index contributed by atoms with van der Waals surface area (Å²) in [7, 11) is -3.17. The first-order valence-corrected chi connectivity index (χ1v) is 8.46. The van der Waals surface area contributed by atoms with Gasteiger partial charge in [0.25, 0.3) is 0 Å². The fraction of sp³-hybridized carbons (Fsp3) is 1.00. The molecule has 5 nitrogen and oxygen atoms in total. The van der Waals surface area contributed by atoms with Gasteiger partial charge in [0.05, 0.1) is 11.9 Å². The second-order valence-electron chi connectivity index (χ2n) is 5.40. The van der Waals surface area contributed by atoms with Crippen molar-refractivity contribution in [3.8, 4) is 0 Å². The smallest absolute Gasteiger partial charge is 0.211 e. The second kappa shape index (κ2) is 7.43. The molecule has 3 N–H and O–H groups in total. The zero-order valence-electron chi connectivity index (χ0n) is 11.4. The lowest BCUT2D eigenvalue weighted by Gasteiger charge is -2.26. The minimum atomic E-state index is -3.17.